The fourth-order valence-corrected chi connectivity index (χ4v) is 6.47. The molecule has 5 aromatic rings. The van der Waals surface area contributed by atoms with E-state index >= 15 is 0 Å². The lowest BCUT2D eigenvalue weighted by molar-refractivity contribution is -0.138. The first-order chi connectivity index (χ1) is 24.3. The summed E-state index contributed by atoms with van der Waals surface area (Å²) in [6.45, 7) is 4.82. The number of ether oxygens (including phenoxy) is 3. The van der Waals surface area contributed by atoms with Crippen molar-refractivity contribution >= 4 is 11.8 Å². The van der Waals surface area contributed by atoms with Gasteiger partial charge in [-0.1, -0.05) is 65.9 Å². The smallest absolute Gasteiger partial charge is 0.240 e. The van der Waals surface area contributed by atoms with E-state index in [1.165, 1.54) is 0 Å². The van der Waals surface area contributed by atoms with Crippen molar-refractivity contribution in [3.8, 4) is 17.2 Å². The molecule has 1 unspecified atom stereocenters. The lowest BCUT2D eigenvalue weighted by Gasteiger charge is -2.32. The second kappa shape index (κ2) is 15.9. The van der Waals surface area contributed by atoms with Gasteiger partial charge in [-0.25, -0.2) is 4.98 Å². The van der Waals surface area contributed by atoms with Gasteiger partial charge in [0.1, 0.15) is 11.4 Å². The van der Waals surface area contributed by atoms with Crippen LogP contribution in [0, 0.1) is 6.92 Å². The zero-order valence-electron chi connectivity index (χ0n) is 29.4. The summed E-state index contributed by atoms with van der Waals surface area (Å²) in [7, 11) is 6.75. The minimum absolute atomic E-state index is 0.00760. The summed E-state index contributed by atoms with van der Waals surface area (Å²) < 4.78 is 25.1. The van der Waals surface area contributed by atoms with Crippen molar-refractivity contribution in [2.45, 2.75) is 58.5 Å². The molecular formula is C38H45N7O5. The van der Waals surface area contributed by atoms with Gasteiger partial charge < -0.3 is 28.4 Å². The first kappa shape index (κ1) is 34.5. The molecule has 1 aliphatic heterocycles. The van der Waals surface area contributed by atoms with Gasteiger partial charge in [0.2, 0.25) is 23.4 Å². The molecule has 0 N–H and O–H groups in total. The van der Waals surface area contributed by atoms with Crippen molar-refractivity contribution in [3.05, 3.63) is 113 Å². The number of carbonyl (C=O) groups excluding carboxylic acids is 1. The van der Waals surface area contributed by atoms with E-state index in [0.717, 1.165) is 28.1 Å². The molecule has 2 aromatic heterocycles. The SMILES string of the molecule is COc1cc(CCC2C(=O)N(Cc3ccccc3)CCn3cc(nn3)CN(Cc3ccccc3)c3oc(nc3C)CN2C)cc(OC)c1OC. The summed E-state index contributed by atoms with van der Waals surface area (Å²) in [6, 6.07) is 23.7. The van der Waals surface area contributed by atoms with Gasteiger partial charge in [0.05, 0.1) is 53.2 Å². The normalized spacial score (nSPS) is 15.8. The Morgan fingerprint density at radius 1 is 0.820 bits per heavy atom. The Balaban J connectivity index is 1.36. The number of fused-ring (bicyclic) bond motifs is 4. The van der Waals surface area contributed by atoms with Gasteiger partial charge in [-0.15, -0.1) is 5.10 Å². The standard InChI is InChI=1S/C38H45N7O5/c1-27-38-44(23-29-14-10-7-11-15-29)24-31-25-45(41-40-31)19-18-43(22-28-12-8-6-9-13-28)37(46)32(42(2)26-35(39-27)50-38)17-16-30-20-33(47-3)36(49-5)34(21-30)48-4/h6-15,20-21,25,32H,16-19,22-24,26H2,1-5H3. The lowest BCUT2D eigenvalue weighted by atomic mass is 10.0. The van der Waals surface area contributed by atoms with Crippen molar-refractivity contribution in [3.63, 3.8) is 0 Å². The molecular weight excluding hydrogens is 634 g/mol. The van der Waals surface area contributed by atoms with Gasteiger partial charge >= 0.3 is 0 Å². The number of anilines is 1. The number of rotatable bonds is 10. The maximum Gasteiger partial charge on any atom is 0.240 e. The van der Waals surface area contributed by atoms with E-state index < -0.39 is 6.04 Å². The predicted octanol–water partition coefficient (Wildman–Crippen LogP) is 5.28. The molecule has 12 nitrogen and oxygen atoms in total. The van der Waals surface area contributed by atoms with E-state index in [4.69, 9.17) is 23.6 Å². The van der Waals surface area contributed by atoms with E-state index in [2.05, 4.69) is 27.3 Å². The highest BCUT2D eigenvalue weighted by Gasteiger charge is 2.30. The number of hydrogen-bond donors (Lipinski definition) is 0. The Morgan fingerprint density at radius 3 is 2.08 bits per heavy atom. The lowest BCUT2D eigenvalue weighted by Crippen LogP contribution is -2.48. The molecule has 4 bridgehead atoms. The van der Waals surface area contributed by atoms with Crippen LogP contribution in [0.2, 0.25) is 0 Å². The van der Waals surface area contributed by atoms with Crippen LogP contribution >= 0.6 is 0 Å². The van der Waals surface area contributed by atoms with Gasteiger partial charge in [0.15, 0.2) is 11.5 Å². The number of nitrogens with zero attached hydrogens (tertiary/aromatic N) is 7. The maximum atomic E-state index is 14.7. The topological polar surface area (TPSA) is 111 Å². The molecule has 0 saturated heterocycles. The van der Waals surface area contributed by atoms with Gasteiger partial charge in [0, 0.05) is 19.6 Å². The average Bonchev–Trinajstić information content (AvgIpc) is 3.74. The third-order valence-corrected chi connectivity index (χ3v) is 9.02. The zero-order chi connectivity index (χ0) is 35.0. The van der Waals surface area contributed by atoms with E-state index in [1.807, 2.05) is 95.3 Å². The summed E-state index contributed by atoms with van der Waals surface area (Å²) in [5.74, 6) is 2.90. The van der Waals surface area contributed by atoms with E-state index in [0.29, 0.717) is 81.1 Å². The maximum absolute atomic E-state index is 14.7. The fraction of sp³-hybridized carbons (Fsp3) is 0.368. The van der Waals surface area contributed by atoms with Crippen LogP contribution in [-0.2, 0) is 43.9 Å². The highest BCUT2D eigenvalue weighted by Crippen LogP contribution is 2.38. The van der Waals surface area contributed by atoms with Crippen LogP contribution in [0.3, 0.4) is 0 Å². The molecule has 0 spiro atoms. The summed E-state index contributed by atoms with van der Waals surface area (Å²) in [6.07, 6.45) is 3.06. The van der Waals surface area contributed by atoms with Crippen molar-refractivity contribution in [1.82, 2.24) is 29.8 Å². The largest absolute Gasteiger partial charge is 0.493 e. The van der Waals surface area contributed by atoms with Gasteiger partial charge in [0.25, 0.3) is 0 Å². The highest BCUT2D eigenvalue weighted by molar-refractivity contribution is 5.82. The molecule has 50 heavy (non-hydrogen) atoms. The summed E-state index contributed by atoms with van der Waals surface area (Å²) in [5, 5.41) is 8.94. The minimum atomic E-state index is -0.495. The van der Waals surface area contributed by atoms with Crippen LogP contribution < -0.4 is 19.1 Å². The molecule has 0 fully saturated rings. The second-order valence-electron chi connectivity index (χ2n) is 12.6. The Kier molecular flexibility index (Phi) is 11.0. The monoisotopic (exact) mass is 679 g/mol. The molecule has 0 radical (unpaired) electrons. The summed E-state index contributed by atoms with van der Waals surface area (Å²) in [4.78, 5) is 25.7. The Labute approximate surface area is 293 Å². The number of methoxy groups -OCH3 is 3. The molecule has 6 rings (SSSR count). The number of amides is 1. The van der Waals surface area contributed by atoms with Crippen LogP contribution in [0.5, 0.6) is 17.2 Å². The number of aromatic nitrogens is 4. The molecule has 3 heterocycles. The first-order valence-corrected chi connectivity index (χ1v) is 16.8. The molecule has 0 saturated carbocycles. The van der Waals surface area contributed by atoms with Crippen LogP contribution in [0.25, 0.3) is 0 Å². The zero-order valence-corrected chi connectivity index (χ0v) is 29.4. The molecule has 3 aromatic carbocycles. The van der Waals surface area contributed by atoms with Crippen LogP contribution in [0.1, 0.15) is 40.4 Å². The number of hydrogen-bond acceptors (Lipinski definition) is 10. The molecule has 1 amide bonds. The number of likely N-dealkylation sites (N-methyl/N-ethyl adjacent to an activating group) is 1. The molecule has 0 aliphatic carbocycles. The second-order valence-corrected chi connectivity index (χ2v) is 12.6. The van der Waals surface area contributed by atoms with Crippen molar-refractivity contribution < 1.29 is 23.4 Å². The third-order valence-electron chi connectivity index (χ3n) is 9.02. The van der Waals surface area contributed by atoms with Gasteiger partial charge in [-0.3, -0.25) is 14.4 Å². The van der Waals surface area contributed by atoms with Crippen LogP contribution in [-0.4, -0.2) is 76.6 Å². The number of aryl methyl sites for hydroxylation is 2. The number of benzene rings is 3. The van der Waals surface area contributed by atoms with Crippen LogP contribution in [0.15, 0.2) is 83.4 Å². The quantitative estimate of drug-likeness (QED) is 0.193. The van der Waals surface area contributed by atoms with E-state index in [-0.39, 0.29) is 5.91 Å². The first-order valence-electron chi connectivity index (χ1n) is 16.8. The molecule has 12 heteroatoms. The number of oxazole rings is 1. The third kappa shape index (κ3) is 8.08. The van der Waals surface area contributed by atoms with E-state index in [1.54, 1.807) is 21.3 Å². The Morgan fingerprint density at radius 2 is 1.46 bits per heavy atom. The van der Waals surface area contributed by atoms with Gasteiger partial charge in [-0.2, -0.15) is 0 Å². The van der Waals surface area contributed by atoms with E-state index in [9.17, 15) is 4.79 Å². The summed E-state index contributed by atoms with van der Waals surface area (Å²) in [5.41, 5.74) is 4.73. The Hall–Kier alpha value is -5.36. The average molecular weight is 680 g/mol. The highest BCUT2D eigenvalue weighted by atomic mass is 16.5. The molecule has 1 aliphatic rings. The van der Waals surface area contributed by atoms with Crippen molar-refractivity contribution in [1.29, 1.82) is 0 Å². The van der Waals surface area contributed by atoms with Gasteiger partial charge in [-0.05, 0) is 55.6 Å². The van der Waals surface area contributed by atoms with Crippen molar-refractivity contribution in [2.24, 2.45) is 0 Å². The molecule has 262 valence electrons. The van der Waals surface area contributed by atoms with Crippen molar-refractivity contribution in [2.75, 3.05) is 39.8 Å². The molecule has 1 atom stereocenters. The fourth-order valence-electron chi connectivity index (χ4n) is 6.47. The predicted molar refractivity (Wildman–Crippen MR) is 189 cm³/mol. The summed E-state index contributed by atoms with van der Waals surface area (Å²) >= 11 is 0. The number of carbonyl (C=O) groups is 1. The minimum Gasteiger partial charge on any atom is -0.493 e. The van der Waals surface area contributed by atoms with Crippen LogP contribution in [0.4, 0.5) is 5.88 Å². The Bertz CT molecular complexity index is 1830.